The number of carbonyl (C=O) groups is 1. The number of rotatable bonds is 7. The zero-order valence-electron chi connectivity index (χ0n) is 16.4. The maximum atomic E-state index is 13.1. The van der Waals surface area contributed by atoms with E-state index in [4.69, 9.17) is 21.3 Å². The molecule has 7 heteroatoms. The lowest BCUT2D eigenvalue weighted by molar-refractivity contribution is -0.120. The molecular weight excluding hydrogens is 418 g/mol. The molecule has 0 bridgehead atoms. The number of carbonyl (C=O) groups excluding carboxylic acids is 1. The van der Waals surface area contributed by atoms with Gasteiger partial charge < -0.3 is 4.74 Å². The molecule has 0 aliphatic carbocycles. The minimum Gasteiger partial charge on any atom is -0.484 e. The lowest BCUT2D eigenvalue weighted by Gasteiger charge is -2.19. The van der Waals surface area contributed by atoms with Crippen LogP contribution in [0, 0.1) is 0 Å². The van der Waals surface area contributed by atoms with Gasteiger partial charge in [0.15, 0.2) is 11.7 Å². The van der Waals surface area contributed by atoms with E-state index >= 15 is 0 Å². The number of benzene rings is 2. The molecule has 0 atom stereocenters. The van der Waals surface area contributed by atoms with Gasteiger partial charge in [-0.1, -0.05) is 48.1 Å². The Morgan fingerprint density at radius 1 is 1.10 bits per heavy atom. The van der Waals surface area contributed by atoms with Crippen LogP contribution in [0.15, 0.2) is 66.9 Å². The molecule has 2 aromatic heterocycles. The predicted molar refractivity (Wildman–Crippen MR) is 121 cm³/mol. The number of pyridine rings is 1. The molecule has 0 saturated heterocycles. The van der Waals surface area contributed by atoms with E-state index in [-0.39, 0.29) is 12.5 Å². The number of hydrogen-bond donors (Lipinski definition) is 0. The van der Waals surface area contributed by atoms with Crippen LogP contribution in [0.3, 0.4) is 0 Å². The first-order chi connectivity index (χ1) is 14.6. The smallest absolute Gasteiger partial charge is 0.267 e. The zero-order chi connectivity index (χ0) is 20.9. The summed E-state index contributed by atoms with van der Waals surface area (Å²) < 4.78 is 6.75. The number of aryl methyl sites for hydroxylation is 1. The molecular formula is C23H20ClN3O2S. The second-order valence-electron chi connectivity index (χ2n) is 6.66. The van der Waals surface area contributed by atoms with E-state index in [1.807, 2.05) is 30.3 Å². The van der Waals surface area contributed by atoms with E-state index in [2.05, 4.69) is 18.0 Å². The average Bonchev–Trinajstić information content (AvgIpc) is 3.21. The summed E-state index contributed by atoms with van der Waals surface area (Å²) in [5.74, 6) is 0.399. The Balaban J connectivity index is 1.62. The van der Waals surface area contributed by atoms with E-state index in [0.717, 1.165) is 27.9 Å². The van der Waals surface area contributed by atoms with Gasteiger partial charge in [-0.2, -0.15) is 0 Å². The summed E-state index contributed by atoms with van der Waals surface area (Å²) in [6.45, 7) is 2.32. The summed E-state index contributed by atoms with van der Waals surface area (Å²) >= 11 is 7.41. The minimum atomic E-state index is -0.187. The Hall–Kier alpha value is -2.96. The number of hydrogen-bond acceptors (Lipinski definition) is 5. The van der Waals surface area contributed by atoms with Crippen molar-refractivity contribution in [3.63, 3.8) is 0 Å². The molecule has 4 aromatic rings. The monoisotopic (exact) mass is 437 g/mol. The molecule has 2 heterocycles. The molecule has 0 N–H and O–H groups in total. The molecule has 0 radical (unpaired) electrons. The highest BCUT2D eigenvalue weighted by Crippen LogP contribution is 2.32. The first kappa shape index (κ1) is 20.3. The molecule has 0 spiro atoms. The third-order valence-corrected chi connectivity index (χ3v) is 5.92. The SMILES string of the molecule is CCc1cccc2sc(N(Cc3ccccn3)C(=O)COc3ccc(Cl)cc3)nc12. The van der Waals surface area contributed by atoms with E-state index < -0.39 is 0 Å². The normalized spacial score (nSPS) is 10.9. The van der Waals surface area contributed by atoms with E-state index in [1.165, 1.54) is 11.3 Å². The number of fused-ring (bicyclic) bond motifs is 1. The van der Waals surface area contributed by atoms with Gasteiger partial charge in [-0.3, -0.25) is 14.7 Å². The van der Waals surface area contributed by atoms with E-state index in [0.29, 0.717) is 22.4 Å². The Morgan fingerprint density at radius 2 is 1.93 bits per heavy atom. The van der Waals surface area contributed by atoms with Crippen LogP contribution in [0.1, 0.15) is 18.2 Å². The number of anilines is 1. The molecule has 30 heavy (non-hydrogen) atoms. The highest BCUT2D eigenvalue weighted by atomic mass is 35.5. The van der Waals surface area contributed by atoms with Gasteiger partial charge >= 0.3 is 0 Å². The standard InChI is InChI=1S/C23H20ClN3O2S/c1-2-16-6-5-8-20-22(16)26-23(30-20)27(14-18-7-3-4-13-25-18)21(28)15-29-19-11-9-17(24)10-12-19/h3-13H,2,14-15H2,1H3. The van der Waals surface area contributed by atoms with Crippen LogP contribution in [-0.4, -0.2) is 22.5 Å². The fourth-order valence-electron chi connectivity index (χ4n) is 3.06. The molecule has 4 rings (SSSR count). The van der Waals surface area contributed by atoms with Crippen LogP contribution >= 0.6 is 22.9 Å². The molecule has 0 unspecified atom stereocenters. The highest BCUT2D eigenvalue weighted by Gasteiger charge is 2.22. The Bertz CT molecular complexity index is 1150. The van der Waals surface area contributed by atoms with E-state index in [1.54, 1.807) is 35.4 Å². The van der Waals surface area contributed by atoms with Crippen molar-refractivity contribution in [1.29, 1.82) is 0 Å². The maximum Gasteiger partial charge on any atom is 0.267 e. The molecule has 0 saturated carbocycles. The summed E-state index contributed by atoms with van der Waals surface area (Å²) in [4.78, 5) is 23.9. The van der Waals surface area contributed by atoms with Crippen molar-refractivity contribution in [3.8, 4) is 5.75 Å². The van der Waals surface area contributed by atoms with Crippen LogP contribution in [0.25, 0.3) is 10.2 Å². The summed E-state index contributed by atoms with van der Waals surface area (Å²) in [7, 11) is 0. The number of amides is 1. The predicted octanol–water partition coefficient (Wildman–Crippen LogP) is 5.52. The van der Waals surface area contributed by atoms with Gasteiger partial charge in [0, 0.05) is 11.2 Å². The van der Waals surface area contributed by atoms with Crippen molar-refractivity contribution >= 4 is 44.2 Å². The van der Waals surface area contributed by atoms with Crippen molar-refractivity contribution in [1.82, 2.24) is 9.97 Å². The highest BCUT2D eigenvalue weighted by molar-refractivity contribution is 7.22. The Labute approximate surface area is 183 Å². The number of para-hydroxylation sites is 1. The topological polar surface area (TPSA) is 55.3 Å². The molecule has 1 amide bonds. The van der Waals surface area contributed by atoms with Crippen LogP contribution < -0.4 is 9.64 Å². The minimum absolute atomic E-state index is 0.106. The zero-order valence-corrected chi connectivity index (χ0v) is 18.0. The van der Waals surface area contributed by atoms with Crippen molar-refractivity contribution in [2.45, 2.75) is 19.9 Å². The van der Waals surface area contributed by atoms with Crippen molar-refractivity contribution in [3.05, 3.63) is 83.1 Å². The molecule has 0 aliphatic rings. The summed E-state index contributed by atoms with van der Waals surface area (Å²) in [5, 5.41) is 1.26. The average molecular weight is 438 g/mol. The van der Waals surface area contributed by atoms with Crippen LogP contribution in [0.2, 0.25) is 5.02 Å². The summed E-state index contributed by atoms with van der Waals surface area (Å²) in [6, 6.07) is 18.7. The number of aromatic nitrogens is 2. The van der Waals surface area contributed by atoms with Gasteiger partial charge in [-0.05, 0) is 54.4 Å². The quantitative estimate of drug-likeness (QED) is 0.382. The van der Waals surface area contributed by atoms with Crippen LogP contribution in [0.4, 0.5) is 5.13 Å². The third kappa shape index (κ3) is 4.61. The molecule has 5 nitrogen and oxygen atoms in total. The van der Waals surface area contributed by atoms with Crippen molar-refractivity contribution < 1.29 is 9.53 Å². The molecule has 2 aromatic carbocycles. The number of ether oxygens (including phenoxy) is 1. The molecule has 0 fully saturated rings. The van der Waals surface area contributed by atoms with Crippen molar-refractivity contribution in [2.75, 3.05) is 11.5 Å². The Morgan fingerprint density at radius 3 is 2.67 bits per heavy atom. The summed E-state index contributed by atoms with van der Waals surface area (Å²) in [6.07, 6.45) is 2.60. The van der Waals surface area contributed by atoms with Gasteiger partial charge in [0.2, 0.25) is 0 Å². The van der Waals surface area contributed by atoms with Gasteiger partial charge in [0.1, 0.15) is 5.75 Å². The second kappa shape index (κ2) is 9.24. The number of thiazole rings is 1. The second-order valence-corrected chi connectivity index (χ2v) is 8.10. The third-order valence-electron chi connectivity index (χ3n) is 4.63. The van der Waals surface area contributed by atoms with Gasteiger partial charge in [0.25, 0.3) is 5.91 Å². The molecule has 152 valence electrons. The largest absolute Gasteiger partial charge is 0.484 e. The van der Waals surface area contributed by atoms with Gasteiger partial charge in [-0.15, -0.1) is 0 Å². The maximum absolute atomic E-state index is 13.1. The van der Waals surface area contributed by atoms with Gasteiger partial charge in [0.05, 0.1) is 22.5 Å². The van der Waals surface area contributed by atoms with Crippen LogP contribution in [-0.2, 0) is 17.8 Å². The first-order valence-electron chi connectivity index (χ1n) is 9.61. The fourth-order valence-corrected chi connectivity index (χ4v) is 4.22. The molecule has 0 aliphatic heterocycles. The Kier molecular flexibility index (Phi) is 6.26. The number of halogens is 1. The fraction of sp³-hybridized carbons (Fsp3) is 0.174. The lowest BCUT2D eigenvalue weighted by Crippen LogP contribution is -2.34. The van der Waals surface area contributed by atoms with Gasteiger partial charge in [-0.25, -0.2) is 4.98 Å². The summed E-state index contributed by atoms with van der Waals surface area (Å²) in [5.41, 5.74) is 2.89. The first-order valence-corrected chi connectivity index (χ1v) is 10.8. The number of nitrogens with zero attached hydrogens (tertiary/aromatic N) is 3. The van der Waals surface area contributed by atoms with Crippen molar-refractivity contribution in [2.24, 2.45) is 0 Å². The van der Waals surface area contributed by atoms with Crippen LogP contribution in [0.5, 0.6) is 5.75 Å². The van der Waals surface area contributed by atoms with E-state index in [9.17, 15) is 4.79 Å². The lowest BCUT2D eigenvalue weighted by atomic mass is 10.1.